The first-order valence-electron chi connectivity index (χ1n) is 5.84. The van der Waals surface area contributed by atoms with Crippen LogP contribution < -0.4 is 0 Å². The van der Waals surface area contributed by atoms with Gasteiger partial charge in [-0.15, -0.1) is 0 Å². The molecule has 1 rings (SSSR count). The molecule has 0 radical (unpaired) electrons. The molecule has 0 saturated carbocycles. The molecule has 2 nitrogen and oxygen atoms in total. The van der Waals surface area contributed by atoms with Crippen LogP contribution in [-0.2, 0) is 10.5 Å². The normalized spacial score (nSPS) is 16.3. The molecule has 0 amide bonds. The molecule has 1 aromatic rings. The van der Waals surface area contributed by atoms with Gasteiger partial charge in [0.15, 0.2) is 0 Å². The highest BCUT2D eigenvalue weighted by Crippen LogP contribution is 2.34. The standard InChI is InChI=1S/C13H17BrCl2O2/c1-3-4-9(2)18-13(17,8-14)11-6-5-10(15)7-12(11)16/h5-7,9,17H,3-4,8H2,1-2H3. The summed E-state index contributed by atoms with van der Waals surface area (Å²) in [6.45, 7) is 4.00. The summed E-state index contributed by atoms with van der Waals surface area (Å²) in [7, 11) is 0. The molecule has 1 aromatic carbocycles. The zero-order valence-electron chi connectivity index (χ0n) is 10.4. The largest absolute Gasteiger partial charge is 0.361 e. The van der Waals surface area contributed by atoms with Crippen molar-refractivity contribution in [3.63, 3.8) is 0 Å². The van der Waals surface area contributed by atoms with E-state index in [0.717, 1.165) is 12.8 Å². The van der Waals surface area contributed by atoms with Gasteiger partial charge in [0.25, 0.3) is 0 Å². The third-order valence-corrected chi connectivity index (χ3v) is 3.93. The first-order chi connectivity index (χ1) is 8.42. The maximum atomic E-state index is 10.6. The Morgan fingerprint density at radius 1 is 1.44 bits per heavy atom. The zero-order chi connectivity index (χ0) is 13.8. The summed E-state index contributed by atoms with van der Waals surface area (Å²) in [6.07, 6.45) is 1.82. The van der Waals surface area contributed by atoms with Crippen LogP contribution in [0.25, 0.3) is 0 Å². The van der Waals surface area contributed by atoms with Gasteiger partial charge in [0.2, 0.25) is 5.79 Å². The number of hydrogen-bond donors (Lipinski definition) is 1. The average molecular weight is 356 g/mol. The van der Waals surface area contributed by atoms with Crippen molar-refractivity contribution in [2.24, 2.45) is 0 Å². The third-order valence-electron chi connectivity index (χ3n) is 2.62. The summed E-state index contributed by atoms with van der Waals surface area (Å²) in [5, 5.41) is 11.7. The number of benzene rings is 1. The average Bonchev–Trinajstić information content (AvgIpc) is 2.28. The van der Waals surface area contributed by atoms with E-state index in [9.17, 15) is 5.11 Å². The molecule has 2 atom stereocenters. The first kappa shape index (κ1) is 16.3. The zero-order valence-corrected chi connectivity index (χ0v) is 13.5. The number of ether oxygens (including phenoxy) is 1. The molecular weight excluding hydrogens is 339 g/mol. The van der Waals surface area contributed by atoms with E-state index in [-0.39, 0.29) is 11.4 Å². The van der Waals surface area contributed by atoms with E-state index in [2.05, 4.69) is 22.9 Å². The predicted molar refractivity (Wildman–Crippen MR) is 79.6 cm³/mol. The highest BCUT2D eigenvalue weighted by atomic mass is 79.9. The molecule has 18 heavy (non-hydrogen) atoms. The summed E-state index contributed by atoms with van der Waals surface area (Å²) in [5.41, 5.74) is 0.522. The molecule has 0 aromatic heterocycles. The number of hydrogen-bond acceptors (Lipinski definition) is 2. The van der Waals surface area contributed by atoms with Crippen LogP contribution in [0.5, 0.6) is 0 Å². The molecule has 0 aliphatic heterocycles. The van der Waals surface area contributed by atoms with Gasteiger partial charge >= 0.3 is 0 Å². The van der Waals surface area contributed by atoms with E-state index < -0.39 is 5.79 Å². The van der Waals surface area contributed by atoms with Gasteiger partial charge in [-0.05, 0) is 25.5 Å². The second-order valence-corrected chi connectivity index (χ2v) is 5.66. The molecule has 0 heterocycles. The second kappa shape index (κ2) is 7.11. The van der Waals surface area contributed by atoms with Gasteiger partial charge < -0.3 is 9.84 Å². The van der Waals surface area contributed by atoms with Crippen LogP contribution in [0.4, 0.5) is 0 Å². The molecule has 0 aliphatic rings. The van der Waals surface area contributed by atoms with Gasteiger partial charge in [0.1, 0.15) is 0 Å². The van der Waals surface area contributed by atoms with Gasteiger partial charge in [-0.25, -0.2) is 0 Å². The van der Waals surface area contributed by atoms with Crippen LogP contribution >= 0.6 is 39.1 Å². The SMILES string of the molecule is CCCC(C)OC(O)(CBr)c1ccc(Cl)cc1Cl. The van der Waals surface area contributed by atoms with E-state index in [1.54, 1.807) is 18.2 Å². The van der Waals surface area contributed by atoms with Gasteiger partial charge in [-0.2, -0.15) is 0 Å². The highest BCUT2D eigenvalue weighted by Gasteiger charge is 2.33. The fourth-order valence-corrected chi connectivity index (χ4v) is 2.76. The van der Waals surface area contributed by atoms with Crippen molar-refractivity contribution in [3.8, 4) is 0 Å². The van der Waals surface area contributed by atoms with E-state index in [1.165, 1.54) is 0 Å². The predicted octanol–water partition coefficient (Wildman–Crippen LogP) is 4.74. The van der Waals surface area contributed by atoms with Crippen LogP contribution in [0.3, 0.4) is 0 Å². The summed E-state index contributed by atoms with van der Waals surface area (Å²) in [5.74, 6) is -1.43. The number of aliphatic hydroxyl groups is 1. The maximum absolute atomic E-state index is 10.6. The lowest BCUT2D eigenvalue weighted by molar-refractivity contribution is -0.219. The minimum absolute atomic E-state index is 0.0516. The van der Waals surface area contributed by atoms with E-state index in [4.69, 9.17) is 27.9 Å². The summed E-state index contributed by atoms with van der Waals surface area (Å²) >= 11 is 15.2. The van der Waals surface area contributed by atoms with Crippen molar-refractivity contribution < 1.29 is 9.84 Å². The minimum atomic E-state index is -1.43. The summed E-state index contributed by atoms with van der Waals surface area (Å²) in [6, 6.07) is 4.97. The van der Waals surface area contributed by atoms with E-state index >= 15 is 0 Å². The van der Waals surface area contributed by atoms with Crippen LogP contribution in [0.2, 0.25) is 10.0 Å². The highest BCUT2D eigenvalue weighted by molar-refractivity contribution is 9.09. The Balaban J connectivity index is 2.99. The lowest BCUT2D eigenvalue weighted by Crippen LogP contribution is -2.35. The Bertz CT molecular complexity index is 401. The fourth-order valence-electron chi connectivity index (χ4n) is 1.77. The third kappa shape index (κ3) is 4.10. The first-order valence-corrected chi connectivity index (χ1v) is 7.72. The Labute approximate surface area is 126 Å². The second-order valence-electron chi connectivity index (χ2n) is 4.26. The smallest absolute Gasteiger partial charge is 0.204 e. The number of halogens is 3. The summed E-state index contributed by atoms with van der Waals surface area (Å²) in [4.78, 5) is 0. The van der Waals surface area contributed by atoms with Crippen LogP contribution in [-0.4, -0.2) is 16.5 Å². The summed E-state index contributed by atoms with van der Waals surface area (Å²) < 4.78 is 5.72. The van der Waals surface area contributed by atoms with Crippen molar-refractivity contribution in [1.82, 2.24) is 0 Å². The maximum Gasteiger partial charge on any atom is 0.204 e. The monoisotopic (exact) mass is 354 g/mol. The lowest BCUT2D eigenvalue weighted by atomic mass is 10.1. The van der Waals surface area contributed by atoms with Gasteiger partial charge in [-0.1, -0.05) is 58.5 Å². The molecule has 0 fully saturated rings. The molecular formula is C13H17BrCl2O2. The minimum Gasteiger partial charge on any atom is -0.361 e. The van der Waals surface area contributed by atoms with Gasteiger partial charge in [0, 0.05) is 10.6 Å². The van der Waals surface area contributed by atoms with Crippen molar-refractivity contribution in [1.29, 1.82) is 0 Å². The molecule has 102 valence electrons. The van der Waals surface area contributed by atoms with Crippen LogP contribution in [0, 0.1) is 0 Å². The number of rotatable bonds is 6. The molecule has 0 bridgehead atoms. The molecule has 0 spiro atoms. The van der Waals surface area contributed by atoms with E-state index in [0.29, 0.717) is 15.6 Å². The lowest BCUT2D eigenvalue weighted by Gasteiger charge is -2.31. The molecule has 2 unspecified atom stereocenters. The Hall–Kier alpha value is 0.200. The molecule has 0 aliphatic carbocycles. The molecule has 0 saturated heterocycles. The Morgan fingerprint density at radius 3 is 2.61 bits per heavy atom. The van der Waals surface area contributed by atoms with Gasteiger partial charge in [0.05, 0.1) is 16.5 Å². The van der Waals surface area contributed by atoms with Crippen LogP contribution in [0.15, 0.2) is 18.2 Å². The van der Waals surface area contributed by atoms with E-state index in [1.807, 2.05) is 6.92 Å². The quantitative estimate of drug-likeness (QED) is 0.590. The van der Waals surface area contributed by atoms with Crippen molar-refractivity contribution in [2.45, 2.75) is 38.6 Å². The van der Waals surface area contributed by atoms with Crippen molar-refractivity contribution in [3.05, 3.63) is 33.8 Å². The number of alkyl halides is 1. The Kier molecular flexibility index (Phi) is 6.42. The fraction of sp³-hybridized carbons (Fsp3) is 0.538. The topological polar surface area (TPSA) is 29.5 Å². The van der Waals surface area contributed by atoms with Crippen molar-refractivity contribution in [2.75, 3.05) is 5.33 Å². The molecule has 1 N–H and O–H groups in total. The van der Waals surface area contributed by atoms with Crippen LogP contribution in [0.1, 0.15) is 32.3 Å². The Morgan fingerprint density at radius 2 is 2.11 bits per heavy atom. The molecule has 5 heteroatoms. The van der Waals surface area contributed by atoms with Gasteiger partial charge in [-0.3, -0.25) is 0 Å². The van der Waals surface area contributed by atoms with Crippen molar-refractivity contribution >= 4 is 39.1 Å².